The van der Waals surface area contributed by atoms with Crippen LogP contribution in [0.4, 0.5) is 0 Å². The SMILES string of the molecule is O=C(O)c1ccc(C=C(Cc2ccc(Cl)cc2)S(=O)(=O)C(=Cc2ccc(C(=O)O)cc2)Cc2ccc(Cl)cc2)cc1. The zero-order valence-electron chi connectivity index (χ0n) is 21.5. The Hall–Kier alpha value is -4.17. The van der Waals surface area contributed by atoms with E-state index >= 15 is 0 Å². The first kappa shape index (κ1) is 29.8. The second-order valence-corrected chi connectivity index (χ2v) is 12.1. The van der Waals surface area contributed by atoms with Crippen molar-refractivity contribution in [1.82, 2.24) is 0 Å². The number of sulfone groups is 1. The van der Waals surface area contributed by atoms with Crippen LogP contribution in [0.15, 0.2) is 107 Å². The van der Waals surface area contributed by atoms with Crippen LogP contribution in [0.3, 0.4) is 0 Å². The summed E-state index contributed by atoms with van der Waals surface area (Å²) in [5.41, 5.74) is 2.61. The minimum atomic E-state index is -4.11. The number of hydrogen-bond acceptors (Lipinski definition) is 4. The molecular formula is C32H24Cl2O6S. The summed E-state index contributed by atoms with van der Waals surface area (Å²) in [6, 6.07) is 25.5. The molecule has 4 aromatic carbocycles. The van der Waals surface area contributed by atoms with Gasteiger partial charge in [-0.2, -0.15) is 0 Å². The van der Waals surface area contributed by atoms with Gasteiger partial charge in [0.05, 0.1) is 20.9 Å². The lowest BCUT2D eigenvalue weighted by molar-refractivity contribution is 0.0686. The molecule has 0 aromatic heterocycles. The van der Waals surface area contributed by atoms with Gasteiger partial charge in [-0.05, 0) is 82.9 Å². The van der Waals surface area contributed by atoms with Crippen LogP contribution in [0, 0.1) is 0 Å². The van der Waals surface area contributed by atoms with Crippen LogP contribution in [0.1, 0.15) is 43.0 Å². The molecule has 0 spiro atoms. The Morgan fingerprint density at radius 3 is 1.17 bits per heavy atom. The molecule has 0 unspecified atom stereocenters. The largest absolute Gasteiger partial charge is 0.478 e. The van der Waals surface area contributed by atoms with E-state index in [-0.39, 0.29) is 33.8 Å². The van der Waals surface area contributed by atoms with Crippen LogP contribution in [-0.2, 0) is 22.7 Å². The maximum absolute atomic E-state index is 14.4. The van der Waals surface area contributed by atoms with Crippen LogP contribution >= 0.6 is 23.2 Å². The second kappa shape index (κ2) is 13.0. The molecule has 0 radical (unpaired) electrons. The number of benzene rings is 4. The molecular weight excluding hydrogens is 583 g/mol. The quantitative estimate of drug-likeness (QED) is 0.192. The lowest BCUT2D eigenvalue weighted by atomic mass is 10.1. The van der Waals surface area contributed by atoms with Crippen molar-refractivity contribution < 1.29 is 28.2 Å². The number of halogens is 2. The average Bonchev–Trinajstić information content (AvgIpc) is 2.95. The van der Waals surface area contributed by atoms with Crippen LogP contribution in [0.5, 0.6) is 0 Å². The van der Waals surface area contributed by atoms with Crippen molar-refractivity contribution in [3.63, 3.8) is 0 Å². The Balaban J connectivity index is 1.84. The highest BCUT2D eigenvalue weighted by Gasteiger charge is 2.25. The summed E-state index contributed by atoms with van der Waals surface area (Å²) in [6.45, 7) is 0. The smallest absolute Gasteiger partial charge is 0.335 e. The van der Waals surface area contributed by atoms with Crippen LogP contribution in [-0.4, -0.2) is 30.6 Å². The van der Waals surface area contributed by atoms with E-state index in [0.717, 1.165) is 0 Å². The molecule has 4 rings (SSSR count). The molecule has 6 nitrogen and oxygen atoms in total. The molecule has 0 heterocycles. The third kappa shape index (κ3) is 7.95. The van der Waals surface area contributed by atoms with Gasteiger partial charge in [-0.25, -0.2) is 18.0 Å². The number of aromatic carboxylic acids is 2. The highest BCUT2D eigenvalue weighted by atomic mass is 35.5. The molecule has 0 aliphatic carbocycles. The van der Waals surface area contributed by atoms with Crippen molar-refractivity contribution in [2.75, 3.05) is 0 Å². The molecule has 0 saturated heterocycles. The van der Waals surface area contributed by atoms with E-state index in [1.165, 1.54) is 36.4 Å². The molecule has 0 amide bonds. The van der Waals surface area contributed by atoms with Crippen molar-refractivity contribution in [2.24, 2.45) is 0 Å². The van der Waals surface area contributed by atoms with Gasteiger partial charge < -0.3 is 10.2 Å². The van der Waals surface area contributed by atoms with Crippen molar-refractivity contribution >= 4 is 57.1 Å². The monoisotopic (exact) mass is 606 g/mol. The predicted molar refractivity (Wildman–Crippen MR) is 162 cm³/mol. The topological polar surface area (TPSA) is 109 Å². The van der Waals surface area contributed by atoms with Gasteiger partial charge in [0.15, 0.2) is 9.84 Å². The van der Waals surface area contributed by atoms with Crippen molar-refractivity contribution in [3.8, 4) is 0 Å². The summed E-state index contributed by atoms with van der Waals surface area (Å²) in [6.07, 6.45) is 3.16. The summed E-state index contributed by atoms with van der Waals surface area (Å²) >= 11 is 12.1. The minimum absolute atomic E-state index is 0.0517. The van der Waals surface area contributed by atoms with Gasteiger partial charge in [0.25, 0.3) is 0 Å². The fraction of sp³-hybridized carbons (Fsp3) is 0.0625. The molecule has 9 heteroatoms. The van der Waals surface area contributed by atoms with Gasteiger partial charge in [0.2, 0.25) is 0 Å². The highest BCUT2D eigenvalue weighted by molar-refractivity contribution is 7.99. The van der Waals surface area contributed by atoms with Gasteiger partial charge in [-0.3, -0.25) is 0 Å². The predicted octanol–water partition coefficient (Wildman–Crippen LogP) is 7.67. The van der Waals surface area contributed by atoms with E-state index in [4.69, 9.17) is 23.2 Å². The standard InChI is InChI=1S/C32H24Cl2O6S/c33-27-13-5-23(6-14-27)19-29(17-21-1-9-25(10-2-21)31(35)36)41(39,40)30(20-24-7-15-28(34)16-8-24)18-22-3-11-26(12-4-22)32(37)38/h1-18H,19-20H2,(H,35,36)(H,37,38). The number of allylic oxidation sites excluding steroid dienone is 2. The second-order valence-electron chi connectivity index (χ2n) is 9.19. The Labute approximate surface area is 247 Å². The average molecular weight is 608 g/mol. The molecule has 0 atom stereocenters. The molecule has 0 saturated carbocycles. The highest BCUT2D eigenvalue weighted by Crippen LogP contribution is 2.29. The molecule has 208 valence electrons. The minimum Gasteiger partial charge on any atom is -0.478 e. The zero-order chi connectivity index (χ0) is 29.6. The van der Waals surface area contributed by atoms with E-state index in [1.54, 1.807) is 72.8 Å². The van der Waals surface area contributed by atoms with Gasteiger partial charge >= 0.3 is 11.9 Å². The molecule has 4 aromatic rings. The summed E-state index contributed by atoms with van der Waals surface area (Å²) in [5, 5.41) is 19.5. The number of carboxylic acids is 2. The normalized spacial score (nSPS) is 12.2. The van der Waals surface area contributed by atoms with Gasteiger partial charge in [0, 0.05) is 22.9 Å². The Morgan fingerprint density at radius 1 is 0.561 bits per heavy atom. The van der Waals surface area contributed by atoms with Crippen molar-refractivity contribution in [3.05, 3.63) is 150 Å². The van der Waals surface area contributed by atoms with Crippen LogP contribution < -0.4 is 0 Å². The van der Waals surface area contributed by atoms with Crippen molar-refractivity contribution in [2.45, 2.75) is 12.8 Å². The maximum atomic E-state index is 14.4. The zero-order valence-corrected chi connectivity index (χ0v) is 23.8. The number of rotatable bonds is 10. The fourth-order valence-corrected chi connectivity index (χ4v) is 5.92. The van der Waals surface area contributed by atoms with Gasteiger partial charge in [-0.1, -0.05) is 71.7 Å². The van der Waals surface area contributed by atoms with E-state index in [9.17, 15) is 28.2 Å². The molecule has 41 heavy (non-hydrogen) atoms. The Morgan fingerprint density at radius 2 is 0.878 bits per heavy atom. The summed E-state index contributed by atoms with van der Waals surface area (Å²) in [4.78, 5) is 22.8. The summed E-state index contributed by atoms with van der Waals surface area (Å²) in [5.74, 6) is -2.17. The van der Waals surface area contributed by atoms with E-state index in [2.05, 4.69) is 0 Å². The molecule has 0 fully saturated rings. The van der Waals surface area contributed by atoms with E-state index in [1.807, 2.05) is 0 Å². The summed E-state index contributed by atoms with van der Waals surface area (Å²) < 4.78 is 28.7. The van der Waals surface area contributed by atoms with Crippen molar-refractivity contribution in [1.29, 1.82) is 0 Å². The number of carbonyl (C=O) groups is 2. The lowest BCUT2D eigenvalue weighted by Crippen LogP contribution is -2.12. The Kier molecular flexibility index (Phi) is 9.45. The maximum Gasteiger partial charge on any atom is 0.335 e. The molecule has 0 bridgehead atoms. The fourth-order valence-electron chi connectivity index (χ4n) is 4.04. The lowest BCUT2D eigenvalue weighted by Gasteiger charge is -2.15. The first-order valence-corrected chi connectivity index (χ1v) is 14.6. The molecule has 0 aliphatic rings. The first-order chi connectivity index (χ1) is 19.5. The van der Waals surface area contributed by atoms with Crippen LogP contribution in [0.2, 0.25) is 10.0 Å². The Bertz CT molecular complexity index is 1600. The first-order valence-electron chi connectivity index (χ1n) is 12.3. The number of hydrogen-bond donors (Lipinski definition) is 2. The van der Waals surface area contributed by atoms with E-state index in [0.29, 0.717) is 32.3 Å². The van der Waals surface area contributed by atoms with E-state index < -0.39 is 21.8 Å². The third-order valence-corrected chi connectivity index (χ3v) is 8.65. The third-order valence-electron chi connectivity index (χ3n) is 6.24. The van der Waals surface area contributed by atoms with Gasteiger partial charge in [0.1, 0.15) is 0 Å². The molecule has 2 N–H and O–H groups in total. The van der Waals surface area contributed by atoms with Crippen LogP contribution in [0.25, 0.3) is 12.2 Å². The van der Waals surface area contributed by atoms with Gasteiger partial charge in [-0.15, -0.1) is 0 Å². The number of carboxylic acid groups (broad SMARTS) is 2. The molecule has 0 aliphatic heterocycles. The summed E-state index contributed by atoms with van der Waals surface area (Å²) in [7, 11) is -4.11.